The molecule has 0 bridgehead atoms. The fraction of sp³-hybridized carbons (Fsp3) is 0.529. The maximum atomic E-state index is 12.2. The van der Waals surface area contributed by atoms with E-state index < -0.39 is 9.84 Å². The SMILES string of the molecule is CCc1nc2n(n1)C[C@H](NCCCS(=O)(=O)c1ccccc1)CC2. The smallest absolute Gasteiger partial charge is 0.178 e. The maximum absolute atomic E-state index is 12.2. The van der Waals surface area contributed by atoms with E-state index in [-0.39, 0.29) is 5.75 Å². The Labute approximate surface area is 143 Å². The van der Waals surface area contributed by atoms with Gasteiger partial charge in [0.1, 0.15) is 5.82 Å². The van der Waals surface area contributed by atoms with Crippen LogP contribution in [0.3, 0.4) is 0 Å². The molecule has 0 fully saturated rings. The second kappa shape index (κ2) is 7.44. The van der Waals surface area contributed by atoms with Gasteiger partial charge in [-0.25, -0.2) is 18.1 Å². The number of nitrogens with zero attached hydrogens (tertiary/aromatic N) is 3. The fourth-order valence-corrected chi connectivity index (χ4v) is 4.32. The van der Waals surface area contributed by atoms with Gasteiger partial charge in [0, 0.05) is 18.9 Å². The van der Waals surface area contributed by atoms with Crippen molar-refractivity contribution in [2.24, 2.45) is 0 Å². The van der Waals surface area contributed by atoms with E-state index in [1.54, 1.807) is 24.3 Å². The van der Waals surface area contributed by atoms with Gasteiger partial charge < -0.3 is 5.32 Å². The summed E-state index contributed by atoms with van der Waals surface area (Å²) >= 11 is 0. The molecule has 1 N–H and O–H groups in total. The predicted octanol–water partition coefficient (Wildman–Crippen LogP) is 1.61. The number of fused-ring (bicyclic) bond motifs is 1. The normalized spacial score (nSPS) is 17.6. The lowest BCUT2D eigenvalue weighted by Gasteiger charge is -2.23. The third-order valence-corrected chi connectivity index (χ3v) is 6.16. The summed E-state index contributed by atoms with van der Waals surface area (Å²) in [7, 11) is -3.18. The number of nitrogens with one attached hydrogen (secondary N) is 1. The summed E-state index contributed by atoms with van der Waals surface area (Å²) in [6.45, 7) is 3.57. The molecule has 0 spiro atoms. The number of aromatic nitrogens is 3. The van der Waals surface area contributed by atoms with E-state index in [9.17, 15) is 8.42 Å². The van der Waals surface area contributed by atoms with Gasteiger partial charge in [0.2, 0.25) is 0 Å². The topological polar surface area (TPSA) is 76.9 Å². The standard InChI is InChI=1S/C17H24N4O2S/c1-2-16-19-17-10-9-14(13-21(17)20-16)18-11-6-12-24(22,23)15-7-4-3-5-8-15/h3-5,7-8,14,18H,2,6,9-13H2,1H3/t14-/m1/s1. The molecule has 0 saturated carbocycles. The monoisotopic (exact) mass is 348 g/mol. The molecule has 1 aromatic carbocycles. The van der Waals surface area contributed by atoms with Gasteiger partial charge in [-0.05, 0) is 31.5 Å². The first-order valence-corrected chi connectivity index (χ1v) is 10.2. The molecule has 1 atom stereocenters. The van der Waals surface area contributed by atoms with Crippen LogP contribution < -0.4 is 5.32 Å². The summed E-state index contributed by atoms with van der Waals surface area (Å²) in [4.78, 5) is 4.92. The first-order chi connectivity index (χ1) is 11.6. The van der Waals surface area contributed by atoms with Crippen molar-refractivity contribution < 1.29 is 8.42 Å². The van der Waals surface area contributed by atoms with E-state index in [4.69, 9.17) is 0 Å². The highest BCUT2D eigenvalue weighted by Gasteiger charge is 2.21. The van der Waals surface area contributed by atoms with Crippen molar-refractivity contribution in [3.05, 3.63) is 42.0 Å². The van der Waals surface area contributed by atoms with Crippen LogP contribution in [-0.2, 0) is 29.2 Å². The zero-order valence-corrected chi connectivity index (χ0v) is 14.8. The Morgan fingerprint density at radius 1 is 1.29 bits per heavy atom. The van der Waals surface area contributed by atoms with E-state index in [0.29, 0.717) is 23.9 Å². The van der Waals surface area contributed by atoms with Gasteiger partial charge in [-0.15, -0.1) is 0 Å². The van der Waals surface area contributed by atoms with E-state index in [1.807, 2.05) is 10.7 Å². The van der Waals surface area contributed by atoms with E-state index in [1.165, 1.54) is 0 Å². The summed E-state index contributed by atoms with van der Waals surface area (Å²) in [5, 5.41) is 7.96. The van der Waals surface area contributed by atoms with Gasteiger partial charge in [0.25, 0.3) is 0 Å². The number of benzene rings is 1. The quantitative estimate of drug-likeness (QED) is 0.769. The minimum Gasteiger partial charge on any atom is -0.312 e. The zero-order valence-electron chi connectivity index (χ0n) is 14.0. The van der Waals surface area contributed by atoms with Crippen LogP contribution in [0, 0.1) is 0 Å². The van der Waals surface area contributed by atoms with Crippen molar-refractivity contribution in [1.82, 2.24) is 20.1 Å². The van der Waals surface area contributed by atoms with E-state index >= 15 is 0 Å². The number of aryl methyl sites for hydroxylation is 2. The predicted molar refractivity (Wildman–Crippen MR) is 92.6 cm³/mol. The molecule has 0 unspecified atom stereocenters. The highest BCUT2D eigenvalue weighted by molar-refractivity contribution is 7.91. The molecule has 1 aromatic heterocycles. The molecule has 130 valence electrons. The van der Waals surface area contributed by atoms with Crippen LogP contribution in [0.25, 0.3) is 0 Å². The van der Waals surface area contributed by atoms with E-state index in [2.05, 4.69) is 22.3 Å². The lowest BCUT2D eigenvalue weighted by atomic mass is 10.1. The second-order valence-electron chi connectivity index (χ2n) is 6.16. The van der Waals surface area contributed by atoms with Crippen LogP contribution in [0.4, 0.5) is 0 Å². The molecule has 1 aliphatic rings. The Balaban J connectivity index is 1.46. The van der Waals surface area contributed by atoms with Crippen LogP contribution in [-0.4, -0.2) is 41.5 Å². The summed E-state index contributed by atoms with van der Waals surface area (Å²) in [5.41, 5.74) is 0. The van der Waals surface area contributed by atoms with Gasteiger partial charge in [-0.3, -0.25) is 0 Å². The van der Waals surface area contributed by atoms with Crippen LogP contribution in [0.2, 0.25) is 0 Å². The van der Waals surface area contributed by atoms with Crippen molar-refractivity contribution in [2.75, 3.05) is 12.3 Å². The van der Waals surface area contributed by atoms with Gasteiger partial charge in [-0.2, -0.15) is 5.10 Å². The molecule has 2 aromatic rings. The molecule has 0 amide bonds. The second-order valence-corrected chi connectivity index (χ2v) is 8.26. The molecule has 0 radical (unpaired) electrons. The Bertz CT molecular complexity index is 771. The average Bonchev–Trinajstić information content (AvgIpc) is 3.02. The van der Waals surface area contributed by atoms with Crippen LogP contribution in [0.1, 0.15) is 31.4 Å². The van der Waals surface area contributed by atoms with Crippen LogP contribution in [0.15, 0.2) is 35.2 Å². The zero-order chi connectivity index (χ0) is 17.0. The third kappa shape index (κ3) is 4.02. The highest BCUT2D eigenvalue weighted by atomic mass is 32.2. The van der Waals surface area contributed by atoms with E-state index in [0.717, 1.165) is 37.5 Å². The molecular weight excluding hydrogens is 324 g/mol. The van der Waals surface area contributed by atoms with Crippen molar-refractivity contribution in [2.45, 2.75) is 50.1 Å². The number of hydrogen-bond acceptors (Lipinski definition) is 5. The number of hydrogen-bond donors (Lipinski definition) is 1. The van der Waals surface area contributed by atoms with Gasteiger partial charge >= 0.3 is 0 Å². The largest absolute Gasteiger partial charge is 0.312 e. The minimum absolute atomic E-state index is 0.172. The first-order valence-electron chi connectivity index (χ1n) is 8.52. The third-order valence-electron chi connectivity index (χ3n) is 4.34. The summed E-state index contributed by atoms with van der Waals surface area (Å²) in [6, 6.07) is 8.98. The Hall–Kier alpha value is -1.73. The van der Waals surface area contributed by atoms with Crippen molar-refractivity contribution >= 4 is 9.84 Å². The minimum atomic E-state index is -3.18. The highest BCUT2D eigenvalue weighted by Crippen LogP contribution is 2.14. The number of sulfone groups is 1. The average molecular weight is 348 g/mol. The van der Waals surface area contributed by atoms with Crippen molar-refractivity contribution in [3.8, 4) is 0 Å². The Morgan fingerprint density at radius 2 is 2.08 bits per heavy atom. The Kier molecular flexibility index (Phi) is 5.30. The molecule has 0 saturated heterocycles. The van der Waals surface area contributed by atoms with Gasteiger partial charge in [0.15, 0.2) is 15.7 Å². The molecule has 7 heteroatoms. The molecular formula is C17H24N4O2S. The number of rotatable bonds is 7. The van der Waals surface area contributed by atoms with Gasteiger partial charge in [-0.1, -0.05) is 25.1 Å². The van der Waals surface area contributed by atoms with Crippen LogP contribution >= 0.6 is 0 Å². The summed E-state index contributed by atoms with van der Waals surface area (Å²) < 4.78 is 26.5. The Morgan fingerprint density at radius 3 is 2.83 bits per heavy atom. The van der Waals surface area contributed by atoms with Gasteiger partial charge in [0.05, 0.1) is 17.2 Å². The van der Waals surface area contributed by atoms with Crippen molar-refractivity contribution in [3.63, 3.8) is 0 Å². The first kappa shape index (κ1) is 17.1. The summed E-state index contributed by atoms with van der Waals surface area (Å²) in [5.74, 6) is 2.14. The van der Waals surface area contributed by atoms with Crippen LogP contribution in [0.5, 0.6) is 0 Å². The molecule has 6 nitrogen and oxygen atoms in total. The van der Waals surface area contributed by atoms with Crippen molar-refractivity contribution in [1.29, 1.82) is 0 Å². The molecule has 2 heterocycles. The fourth-order valence-electron chi connectivity index (χ4n) is 2.99. The molecule has 0 aliphatic carbocycles. The lowest BCUT2D eigenvalue weighted by Crippen LogP contribution is -2.38. The molecule has 24 heavy (non-hydrogen) atoms. The maximum Gasteiger partial charge on any atom is 0.178 e. The lowest BCUT2D eigenvalue weighted by molar-refractivity contribution is 0.359. The summed E-state index contributed by atoms with van der Waals surface area (Å²) in [6.07, 6.45) is 3.41. The molecule has 3 rings (SSSR count). The molecule has 1 aliphatic heterocycles.